The van der Waals surface area contributed by atoms with Crippen LogP contribution >= 0.6 is 11.3 Å². The maximum atomic E-state index is 11.8. The average molecular weight is 159 g/mol. The van der Waals surface area contributed by atoms with Gasteiger partial charge >= 0.3 is 0 Å². The molecule has 0 unspecified atom stereocenters. The lowest BCUT2D eigenvalue weighted by atomic mass is 10.2. The molecular formula is C7H10FNS. The van der Waals surface area contributed by atoms with E-state index >= 15 is 0 Å². The molecule has 0 saturated heterocycles. The van der Waals surface area contributed by atoms with Crippen LogP contribution in [0.25, 0.3) is 0 Å². The minimum absolute atomic E-state index is 0.106. The Morgan fingerprint density at radius 1 is 1.70 bits per heavy atom. The molecule has 1 heterocycles. The number of hydrogen-bond donors (Lipinski definition) is 1. The Labute approximate surface area is 63.7 Å². The van der Waals surface area contributed by atoms with E-state index in [9.17, 15) is 4.39 Å². The number of alkyl halides is 1. The summed E-state index contributed by atoms with van der Waals surface area (Å²) in [4.78, 5) is 1.07. The molecule has 0 aliphatic heterocycles. The van der Waals surface area contributed by atoms with Gasteiger partial charge in [-0.2, -0.15) is 0 Å². The molecule has 1 aromatic rings. The van der Waals surface area contributed by atoms with E-state index in [2.05, 4.69) is 0 Å². The monoisotopic (exact) mass is 159 g/mol. The lowest BCUT2D eigenvalue weighted by Crippen LogP contribution is -2.08. The summed E-state index contributed by atoms with van der Waals surface area (Å²) < 4.78 is 11.8. The van der Waals surface area contributed by atoms with Gasteiger partial charge in [0.2, 0.25) is 0 Å². The first-order valence-electron chi connectivity index (χ1n) is 3.19. The fourth-order valence-corrected chi connectivity index (χ4v) is 1.53. The molecule has 0 saturated carbocycles. The molecule has 0 fully saturated rings. The zero-order valence-corrected chi connectivity index (χ0v) is 6.40. The summed E-state index contributed by atoms with van der Waals surface area (Å²) in [5, 5.41) is 1.95. The summed E-state index contributed by atoms with van der Waals surface area (Å²) in [6, 6.07) is 3.76. The van der Waals surface area contributed by atoms with Crippen molar-refractivity contribution in [2.75, 3.05) is 6.67 Å². The van der Waals surface area contributed by atoms with E-state index in [1.165, 1.54) is 0 Å². The number of hydrogen-bond acceptors (Lipinski definition) is 2. The molecule has 0 spiro atoms. The van der Waals surface area contributed by atoms with Crippen LogP contribution in [0.3, 0.4) is 0 Å². The highest BCUT2D eigenvalue weighted by molar-refractivity contribution is 7.10. The van der Waals surface area contributed by atoms with Crippen molar-refractivity contribution in [3.05, 3.63) is 22.4 Å². The average Bonchev–Trinajstić information content (AvgIpc) is 2.38. The summed E-state index contributed by atoms with van der Waals surface area (Å²) in [7, 11) is 0. The van der Waals surface area contributed by atoms with Gasteiger partial charge in [-0.25, -0.2) is 0 Å². The molecule has 10 heavy (non-hydrogen) atoms. The zero-order chi connectivity index (χ0) is 7.40. The minimum atomic E-state index is -0.334. The van der Waals surface area contributed by atoms with Crippen LogP contribution in [0.4, 0.5) is 4.39 Å². The topological polar surface area (TPSA) is 26.0 Å². The Morgan fingerprint density at radius 2 is 2.50 bits per heavy atom. The highest BCUT2D eigenvalue weighted by atomic mass is 32.1. The lowest BCUT2D eigenvalue weighted by Gasteiger charge is -2.04. The lowest BCUT2D eigenvalue weighted by molar-refractivity contribution is 0.444. The van der Waals surface area contributed by atoms with E-state index in [1.54, 1.807) is 11.3 Å². The minimum Gasteiger partial charge on any atom is -0.323 e. The first kappa shape index (κ1) is 7.69. The molecule has 0 aromatic carbocycles. The Kier molecular flexibility index (Phi) is 2.83. The SMILES string of the molecule is N[C@@H](CCF)c1cccs1. The third-order valence-electron chi connectivity index (χ3n) is 1.33. The van der Waals surface area contributed by atoms with Gasteiger partial charge < -0.3 is 5.73 Å². The maximum absolute atomic E-state index is 11.8. The van der Waals surface area contributed by atoms with Crippen LogP contribution < -0.4 is 5.73 Å². The summed E-state index contributed by atoms with van der Waals surface area (Å²) in [5.74, 6) is 0. The van der Waals surface area contributed by atoms with Crippen molar-refractivity contribution in [1.29, 1.82) is 0 Å². The van der Waals surface area contributed by atoms with Gasteiger partial charge in [0.1, 0.15) is 0 Å². The van der Waals surface area contributed by atoms with Gasteiger partial charge in [0.15, 0.2) is 0 Å². The van der Waals surface area contributed by atoms with Gasteiger partial charge in [0.05, 0.1) is 6.67 Å². The molecule has 1 nitrogen and oxygen atoms in total. The van der Waals surface area contributed by atoms with Crippen LogP contribution in [0.15, 0.2) is 17.5 Å². The van der Waals surface area contributed by atoms with Gasteiger partial charge in [0, 0.05) is 10.9 Å². The van der Waals surface area contributed by atoms with E-state index in [-0.39, 0.29) is 12.7 Å². The predicted octanol–water partition coefficient (Wildman–Crippen LogP) is 2.11. The van der Waals surface area contributed by atoms with Crippen molar-refractivity contribution in [1.82, 2.24) is 0 Å². The zero-order valence-electron chi connectivity index (χ0n) is 5.59. The first-order valence-corrected chi connectivity index (χ1v) is 4.07. The van der Waals surface area contributed by atoms with E-state index in [1.807, 2.05) is 17.5 Å². The van der Waals surface area contributed by atoms with Gasteiger partial charge in [-0.1, -0.05) is 6.07 Å². The summed E-state index contributed by atoms with van der Waals surface area (Å²) in [5.41, 5.74) is 5.62. The second-order valence-electron chi connectivity index (χ2n) is 2.10. The molecule has 2 N–H and O–H groups in total. The van der Waals surface area contributed by atoms with Crippen LogP contribution in [0, 0.1) is 0 Å². The molecule has 0 bridgehead atoms. The quantitative estimate of drug-likeness (QED) is 0.718. The molecule has 1 aromatic heterocycles. The van der Waals surface area contributed by atoms with Gasteiger partial charge in [-0.3, -0.25) is 4.39 Å². The standard InChI is InChI=1S/C7H10FNS/c8-4-3-6(9)7-2-1-5-10-7/h1-2,5-6H,3-4,9H2/t6-/m0/s1. The van der Waals surface area contributed by atoms with Crippen molar-refractivity contribution in [3.8, 4) is 0 Å². The predicted molar refractivity (Wildman–Crippen MR) is 41.8 cm³/mol. The smallest absolute Gasteiger partial charge is 0.0912 e. The van der Waals surface area contributed by atoms with Crippen molar-refractivity contribution < 1.29 is 4.39 Å². The van der Waals surface area contributed by atoms with E-state index in [4.69, 9.17) is 5.73 Å². The summed E-state index contributed by atoms with van der Waals surface area (Å²) in [6.07, 6.45) is 0.431. The molecule has 0 aliphatic carbocycles. The third-order valence-corrected chi connectivity index (χ3v) is 2.33. The number of rotatable bonds is 3. The Hall–Kier alpha value is -0.410. The third kappa shape index (κ3) is 1.78. The molecular weight excluding hydrogens is 149 g/mol. The summed E-state index contributed by atoms with van der Waals surface area (Å²) >= 11 is 1.58. The van der Waals surface area contributed by atoms with Crippen LogP contribution in [0.5, 0.6) is 0 Å². The number of thiophene rings is 1. The van der Waals surface area contributed by atoms with Crippen molar-refractivity contribution in [3.63, 3.8) is 0 Å². The van der Waals surface area contributed by atoms with E-state index in [0.29, 0.717) is 6.42 Å². The van der Waals surface area contributed by atoms with Gasteiger partial charge in [0.25, 0.3) is 0 Å². The molecule has 56 valence electrons. The van der Waals surface area contributed by atoms with E-state index in [0.717, 1.165) is 4.88 Å². The normalized spacial score (nSPS) is 13.4. The molecule has 0 aliphatic rings. The largest absolute Gasteiger partial charge is 0.323 e. The van der Waals surface area contributed by atoms with Crippen LogP contribution in [0.2, 0.25) is 0 Å². The van der Waals surface area contributed by atoms with Crippen molar-refractivity contribution >= 4 is 11.3 Å². The van der Waals surface area contributed by atoms with E-state index < -0.39 is 0 Å². The summed E-state index contributed by atoms with van der Waals surface area (Å²) in [6.45, 7) is -0.334. The second-order valence-corrected chi connectivity index (χ2v) is 3.08. The highest BCUT2D eigenvalue weighted by Crippen LogP contribution is 2.18. The number of halogens is 1. The Bertz CT molecular complexity index is 174. The highest BCUT2D eigenvalue weighted by Gasteiger charge is 2.04. The number of nitrogens with two attached hydrogens (primary N) is 1. The molecule has 1 atom stereocenters. The van der Waals surface area contributed by atoms with Gasteiger partial charge in [-0.05, 0) is 17.9 Å². The molecule has 3 heteroatoms. The van der Waals surface area contributed by atoms with Crippen molar-refractivity contribution in [2.45, 2.75) is 12.5 Å². The maximum Gasteiger partial charge on any atom is 0.0912 e. The molecule has 1 rings (SSSR count). The van der Waals surface area contributed by atoms with Crippen LogP contribution in [-0.2, 0) is 0 Å². The fourth-order valence-electron chi connectivity index (χ4n) is 0.762. The van der Waals surface area contributed by atoms with Crippen LogP contribution in [0.1, 0.15) is 17.3 Å². The van der Waals surface area contributed by atoms with Crippen LogP contribution in [-0.4, -0.2) is 6.67 Å². The molecule has 0 radical (unpaired) electrons. The first-order chi connectivity index (χ1) is 4.84. The fraction of sp³-hybridized carbons (Fsp3) is 0.429. The molecule has 0 amide bonds. The second kappa shape index (κ2) is 3.68. The van der Waals surface area contributed by atoms with Crippen molar-refractivity contribution in [2.24, 2.45) is 5.73 Å². The Balaban J connectivity index is 2.50. The Morgan fingerprint density at radius 3 is 3.00 bits per heavy atom. The van der Waals surface area contributed by atoms with Gasteiger partial charge in [-0.15, -0.1) is 11.3 Å².